The topological polar surface area (TPSA) is 35.0 Å². The molecule has 2 aromatic heterocycles. The average molecular weight is 599 g/mol. The molecule has 8 heteroatoms. The Morgan fingerprint density at radius 1 is 0.690 bits per heavy atom. The number of benzene rings is 4. The summed E-state index contributed by atoms with van der Waals surface area (Å²) in [4.78, 5) is 11.4. The highest BCUT2D eigenvalue weighted by molar-refractivity contribution is 7.19. The van der Waals surface area contributed by atoms with Crippen LogP contribution < -0.4 is 4.74 Å². The van der Waals surface area contributed by atoms with Crippen molar-refractivity contribution in [3.05, 3.63) is 125 Å². The third kappa shape index (κ3) is 5.47. The van der Waals surface area contributed by atoms with Gasteiger partial charge in [0.2, 0.25) is 0 Å². The van der Waals surface area contributed by atoms with E-state index in [1.807, 2.05) is 44.2 Å². The normalized spacial score (nSPS) is 11.2. The van der Waals surface area contributed by atoms with Crippen molar-refractivity contribution in [1.29, 1.82) is 0 Å². The summed E-state index contributed by atoms with van der Waals surface area (Å²) in [6, 6.07) is 23.6. The van der Waals surface area contributed by atoms with E-state index in [0.29, 0.717) is 16.3 Å². The molecule has 42 heavy (non-hydrogen) atoms. The monoisotopic (exact) mass is 598 g/mol. The molecule has 0 atom stereocenters. The molecule has 0 saturated heterocycles. The van der Waals surface area contributed by atoms with E-state index in [1.165, 1.54) is 53.0 Å². The van der Waals surface area contributed by atoms with Crippen LogP contribution in [0.5, 0.6) is 5.75 Å². The predicted molar refractivity (Wildman–Crippen MR) is 165 cm³/mol. The number of para-hydroxylation sites is 1. The fourth-order valence-corrected chi connectivity index (χ4v) is 7.17. The van der Waals surface area contributed by atoms with Gasteiger partial charge < -0.3 is 4.74 Å². The molecule has 0 fully saturated rings. The van der Waals surface area contributed by atoms with Gasteiger partial charge in [-0.2, -0.15) is 0 Å². The van der Waals surface area contributed by atoms with Crippen LogP contribution in [0.2, 0.25) is 0 Å². The fraction of sp³-hybridized carbons (Fsp3) is 0.118. The Morgan fingerprint density at radius 3 is 2.14 bits per heavy atom. The van der Waals surface area contributed by atoms with Gasteiger partial charge in [0.25, 0.3) is 0 Å². The maximum atomic E-state index is 15.0. The van der Waals surface area contributed by atoms with Crippen LogP contribution in [0.1, 0.15) is 22.5 Å². The van der Waals surface area contributed by atoms with E-state index in [0.717, 1.165) is 54.0 Å². The molecule has 0 spiro atoms. The van der Waals surface area contributed by atoms with E-state index in [9.17, 15) is 13.2 Å². The van der Waals surface area contributed by atoms with E-state index >= 15 is 0 Å². The highest BCUT2D eigenvalue weighted by atomic mass is 32.1. The number of halogens is 3. The second-order valence-electron chi connectivity index (χ2n) is 9.90. The van der Waals surface area contributed by atoms with Gasteiger partial charge >= 0.3 is 0 Å². The molecule has 0 aliphatic rings. The molecule has 0 aliphatic carbocycles. The van der Waals surface area contributed by atoms with Gasteiger partial charge in [-0.15, -0.1) is 22.7 Å². The SMILES string of the molecule is COc1ccccc1-c1nc(C)c(-c2ccc(F)cc2Cc2nc(-c3ccc(C)cc3F)sc2-c2ccc(F)cc2)s1. The summed E-state index contributed by atoms with van der Waals surface area (Å²) >= 11 is 2.85. The number of aromatic nitrogens is 2. The first kappa shape index (κ1) is 27.9. The zero-order chi connectivity index (χ0) is 29.4. The van der Waals surface area contributed by atoms with Crippen LogP contribution in [0.15, 0.2) is 84.9 Å². The number of nitrogens with zero attached hydrogens (tertiary/aromatic N) is 2. The summed E-state index contributed by atoms with van der Waals surface area (Å²) in [5, 5.41) is 1.31. The minimum Gasteiger partial charge on any atom is -0.496 e. The maximum Gasteiger partial charge on any atom is 0.133 e. The van der Waals surface area contributed by atoms with Gasteiger partial charge in [0, 0.05) is 12.0 Å². The lowest BCUT2D eigenvalue weighted by molar-refractivity contribution is 0.416. The van der Waals surface area contributed by atoms with Gasteiger partial charge in [0.1, 0.15) is 33.2 Å². The van der Waals surface area contributed by atoms with Gasteiger partial charge in [-0.1, -0.05) is 36.4 Å². The molecule has 0 amide bonds. The Kier molecular flexibility index (Phi) is 7.66. The van der Waals surface area contributed by atoms with Gasteiger partial charge in [0.15, 0.2) is 0 Å². The number of hydrogen-bond donors (Lipinski definition) is 0. The second-order valence-corrected chi connectivity index (χ2v) is 11.9. The molecular formula is C34H25F3N2OS2. The lowest BCUT2D eigenvalue weighted by Crippen LogP contribution is -1.96. The van der Waals surface area contributed by atoms with Crippen molar-refractivity contribution in [2.24, 2.45) is 0 Å². The smallest absolute Gasteiger partial charge is 0.133 e. The summed E-state index contributed by atoms with van der Waals surface area (Å²) in [5.74, 6) is -0.367. The lowest BCUT2D eigenvalue weighted by atomic mass is 9.99. The third-order valence-corrected chi connectivity index (χ3v) is 9.37. The number of aryl methyl sites for hydroxylation is 2. The predicted octanol–water partition coefficient (Wildman–Crippen LogP) is 9.90. The Bertz CT molecular complexity index is 1910. The van der Waals surface area contributed by atoms with Gasteiger partial charge in [-0.3, -0.25) is 0 Å². The number of thiazole rings is 2. The summed E-state index contributed by atoms with van der Waals surface area (Å²) in [5.41, 5.74) is 5.86. The Labute approximate surface area is 250 Å². The highest BCUT2D eigenvalue weighted by Crippen LogP contribution is 2.42. The molecule has 4 aromatic carbocycles. The van der Waals surface area contributed by atoms with Gasteiger partial charge in [-0.05, 0) is 84.6 Å². The largest absolute Gasteiger partial charge is 0.496 e. The molecule has 0 saturated carbocycles. The molecule has 3 nitrogen and oxygen atoms in total. The molecule has 6 rings (SSSR count). The quantitative estimate of drug-likeness (QED) is 0.183. The maximum absolute atomic E-state index is 15.0. The van der Waals surface area contributed by atoms with Crippen LogP contribution in [0.25, 0.3) is 42.0 Å². The fourth-order valence-electron chi connectivity index (χ4n) is 4.90. The van der Waals surface area contributed by atoms with Crippen molar-refractivity contribution in [1.82, 2.24) is 9.97 Å². The zero-order valence-electron chi connectivity index (χ0n) is 23.0. The van der Waals surface area contributed by atoms with Crippen molar-refractivity contribution in [3.8, 4) is 47.8 Å². The minimum atomic E-state index is -0.371. The summed E-state index contributed by atoms with van der Waals surface area (Å²) in [7, 11) is 1.63. The van der Waals surface area contributed by atoms with Crippen LogP contribution in [0.4, 0.5) is 13.2 Å². The lowest BCUT2D eigenvalue weighted by Gasteiger charge is -2.10. The molecule has 6 aromatic rings. The first-order chi connectivity index (χ1) is 20.3. The summed E-state index contributed by atoms with van der Waals surface area (Å²) in [6.45, 7) is 3.76. The van der Waals surface area contributed by atoms with Crippen molar-refractivity contribution in [3.63, 3.8) is 0 Å². The standard InChI is InChI=1S/C34H25F3N2OS2/c1-19-8-14-26(28(37)16-19)33-39-29(32(42-33)21-9-11-23(35)12-10-21)18-22-17-24(36)13-15-25(22)31-20(2)38-34(41-31)27-6-4-5-7-30(27)40-3/h4-17H,18H2,1-3H3. The molecule has 0 unspecified atom stereocenters. The molecule has 2 heterocycles. The first-order valence-corrected chi connectivity index (χ1v) is 14.9. The third-order valence-electron chi connectivity index (χ3n) is 6.96. The number of ether oxygens (including phenoxy) is 1. The minimum absolute atomic E-state index is 0.283. The summed E-state index contributed by atoms with van der Waals surface area (Å²) in [6.07, 6.45) is 0.283. The Balaban J connectivity index is 1.47. The zero-order valence-corrected chi connectivity index (χ0v) is 24.7. The first-order valence-electron chi connectivity index (χ1n) is 13.2. The van der Waals surface area contributed by atoms with Crippen LogP contribution in [-0.4, -0.2) is 17.1 Å². The van der Waals surface area contributed by atoms with Crippen LogP contribution in [0, 0.1) is 31.3 Å². The van der Waals surface area contributed by atoms with Crippen LogP contribution >= 0.6 is 22.7 Å². The molecule has 210 valence electrons. The second kappa shape index (κ2) is 11.5. The highest BCUT2D eigenvalue weighted by Gasteiger charge is 2.21. The van der Waals surface area contributed by atoms with Gasteiger partial charge in [-0.25, -0.2) is 23.1 Å². The van der Waals surface area contributed by atoms with E-state index < -0.39 is 0 Å². The number of hydrogen-bond acceptors (Lipinski definition) is 5. The average Bonchev–Trinajstić information content (AvgIpc) is 3.57. The van der Waals surface area contributed by atoms with Crippen LogP contribution in [-0.2, 0) is 6.42 Å². The van der Waals surface area contributed by atoms with Crippen molar-refractivity contribution >= 4 is 22.7 Å². The van der Waals surface area contributed by atoms with Crippen molar-refractivity contribution < 1.29 is 17.9 Å². The van der Waals surface area contributed by atoms with Crippen molar-refractivity contribution in [2.45, 2.75) is 20.3 Å². The van der Waals surface area contributed by atoms with Crippen molar-refractivity contribution in [2.75, 3.05) is 7.11 Å². The summed E-state index contributed by atoms with van der Waals surface area (Å²) < 4.78 is 49.1. The van der Waals surface area contributed by atoms with E-state index in [4.69, 9.17) is 14.7 Å². The van der Waals surface area contributed by atoms with E-state index in [1.54, 1.807) is 31.4 Å². The van der Waals surface area contributed by atoms with E-state index in [-0.39, 0.29) is 23.9 Å². The molecule has 0 aliphatic heterocycles. The molecule has 0 radical (unpaired) electrons. The molecular weight excluding hydrogens is 574 g/mol. The number of methoxy groups -OCH3 is 1. The van der Waals surface area contributed by atoms with E-state index in [2.05, 4.69) is 0 Å². The Morgan fingerprint density at radius 2 is 1.38 bits per heavy atom. The molecule has 0 N–H and O–H groups in total. The van der Waals surface area contributed by atoms with Gasteiger partial charge in [0.05, 0.1) is 33.8 Å². The van der Waals surface area contributed by atoms with Crippen LogP contribution in [0.3, 0.4) is 0 Å². The number of rotatable bonds is 7. The Hall–Kier alpha value is -4.27. The molecule has 0 bridgehead atoms.